The number of hydrogen-bond donors (Lipinski definition) is 1. The number of aliphatic hydroxyl groups is 1. The lowest BCUT2D eigenvalue weighted by molar-refractivity contribution is 0.0320. The zero-order valence-corrected chi connectivity index (χ0v) is 10.2. The van der Waals surface area contributed by atoms with E-state index in [0.29, 0.717) is 5.92 Å². The number of nitrogens with zero attached hydrogens (tertiary/aromatic N) is 1. The minimum Gasteiger partial charge on any atom is -0.393 e. The van der Waals surface area contributed by atoms with Gasteiger partial charge in [-0.25, -0.2) is 0 Å². The molecule has 1 saturated heterocycles. The van der Waals surface area contributed by atoms with Crippen molar-refractivity contribution in [2.75, 3.05) is 13.1 Å². The number of hydrogen-bond acceptors (Lipinski definition) is 2. The van der Waals surface area contributed by atoms with E-state index in [4.69, 9.17) is 0 Å². The van der Waals surface area contributed by atoms with Crippen molar-refractivity contribution in [2.45, 2.75) is 32.9 Å². The van der Waals surface area contributed by atoms with E-state index in [-0.39, 0.29) is 6.10 Å². The molecule has 2 nitrogen and oxygen atoms in total. The first-order valence-corrected chi connectivity index (χ1v) is 6.11. The van der Waals surface area contributed by atoms with Crippen molar-refractivity contribution in [3.63, 3.8) is 0 Å². The largest absolute Gasteiger partial charge is 0.393 e. The molecule has 0 aromatic heterocycles. The molecule has 0 bridgehead atoms. The smallest absolute Gasteiger partial charge is 0.0590 e. The molecule has 2 heteroatoms. The van der Waals surface area contributed by atoms with Crippen LogP contribution in [0.25, 0.3) is 0 Å². The molecule has 0 spiro atoms. The van der Waals surface area contributed by atoms with Crippen molar-refractivity contribution >= 4 is 0 Å². The molecule has 0 unspecified atom stereocenters. The van der Waals surface area contributed by atoms with Gasteiger partial charge in [0.1, 0.15) is 0 Å². The van der Waals surface area contributed by atoms with E-state index in [9.17, 15) is 5.11 Å². The van der Waals surface area contributed by atoms with Crippen LogP contribution in [0.3, 0.4) is 0 Å². The summed E-state index contributed by atoms with van der Waals surface area (Å²) in [5.41, 5.74) is 2.68. The molecule has 2 atom stereocenters. The fourth-order valence-corrected chi connectivity index (χ4v) is 2.31. The molecule has 1 aliphatic rings. The van der Waals surface area contributed by atoms with Gasteiger partial charge in [-0.15, -0.1) is 0 Å². The van der Waals surface area contributed by atoms with Crippen molar-refractivity contribution < 1.29 is 5.11 Å². The van der Waals surface area contributed by atoms with Crippen LogP contribution in [-0.4, -0.2) is 29.2 Å². The molecule has 0 saturated carbocycles. The van der Waals surface area contributed by atoms with Crippen LogP contribution in [-0.2, 0) is 6.54 Å². The van der Waals surface area contributed by atoms with Gasteiger partial charge >= 0.3 is 0 Å². The second-order valence-electron chi connectivity index (χ2n) is 5.05. The Morgan fingerprint density at radius 3 is 2.62 bits per heavy atom. The van der Waals surface area contributed by atoms with Gasteiger partial charge in [-0.05, 0) is 24.8 Å². The summed E-state index contributed by atoms with van der Waals surface area (Å²) in [6.07, 6.45) is 0.807. The van der Waals surface area contributed by atoms with Crippen LogP contribution in [0.4, 0.5) is 0 Å². The van der Waals surface area contributed by atoms with Crippen LogP contribution < -0.4 is 0 Å². The highest BCUT2D eigenvalue weighted by atomic mass is 16.3. The van der Waals surface area contributed by atoms with Crippen molar-refractivity contribution in [3.05, 3.63) is 35.4 Å². The normalized spacial score (nSPS) is 26.9. The third kappa shape index (κ3) is 2.83. The highest BCUT2D eigenvalue weighted by molar-refractivity contribution is 5.21. The predicted octanol–water partition coefficient (Wildman–Crippen LogP) is 2.20. The zero-order chi connectivity index (χ0) is 11.5. The lowest BCUT2D eigenvalue weighted by Crippen LogP contribution is -2.41. The molecule has 88 valence electrons. The van der Waals surface area contributed by atoms with Gasteiger partial charge in [0.25, 0.3) is 0 Å². The summed E-state index contributed by atoms with van der Waals surface area (Å²) in [7, 11) is 0. The monoisotopic (exact) mass is 219 g/mol. The van der Waals surface area contributed by atoms with E-state index in [2.05, 4.69) is 43.0 Å². The maximum absolute atomic E-state index is 9.67. The molecule has 1 aromatic carbocycles. The highest BCUT2D eigenvalue weighted by Crippen LogP contribution is 2.18. The van der Waals surface area contributed by atoms with Crippen LogP contribution in [0.5, 0.6) is 0 Å². The van der Waals surface area contributed by atoms with Gasteiger partial charge in [-0.1, -0.05) is 36.8 Å². The molecule has 1 heterocycles. The molecule has 1 aliphatic heterocycles. The van der Waals surface area contributed by atoms with E-state index < -0.39 is 0 Å². The lowest BCUT2D eigenvalue weighted by atomic mass is 9.96. The molecule has 1 N–H and O–H groups in total. The van der Waals surface area contributed by atoms with Crippen LogP contribution in [0, 0.1) is 12.8 Å². The van der Waals surface area contributed by atoms with Crippen molar-refractivity contribution in [1.29, 1.82) is 0 Å². The maximum atomic E-state index is 9.67. The lowest BCUT2D eigenvalue weighted by Gasteiger charge is -2.34. The SMILES string of the molecule is Cc1ccc(CN2CC[C@@H](O)[C@@H](C)C2)cc1. The van der Waals surface area contributed by atoms with Gasteiger partial charge in [-0.3, -0.25) is 4.90 Å². The van der Waals surface area contributed by atoms with Gasteiger partial charge in [-0.2, -0.15) is 0 Å². The number of aliphatic hydroxyl groups excluding tert-OH is 1. The van der Waals surface area contributed by atoms with Gasteiger partial charge < -0.3 is 5.11 Å². The third-order valence-corrected chi connectivity index (χ3v) is 3.47. The summed E-state index contributed by atoms with van der Waals surface area (Å²) < 4.78 is 0. The maximum Gasteiger partial charge on any atom is 0.0590 e. The summed E-state index contributed by atoms with van der Waals surface area (Å²) in [6.45, 7) is 7.28. The first-order chi connectivity index (χ1) is 7.65. The quantitative estimate of drug-likeness (QED) is 0.824. The van der Waals surface area contributed by atoms with Crippen LogP contribution >= 0.6 is 0 Å². The van der Waals surface area contributed by atoms with E-state index in [0.717, 1.165) is 26.1 Å². The topological polar surface area (TPSA) is 23.5 Å². The molecule has 2 rings (SSSR count). The van der Waals surface area contributed by atoms with E-state index in [1.54, 1.807) is 0 Å². The number of likely N-dealkylation sites (tertiary alicyclic amines) is 1. The van der Waals surface area contributed by atoms with Gasteiger partial charge in [0, 0.05) is 19.6 Å². The molecule has 1 aromatic rings. The van der Waals surface area contributed by atoms with Crippen LogP contribution in [0.15, 0.2) is 24.3 Å². The summed E-state index contributed by atoms with van der Waals surface area (Å²) in [5.74, 6) is 0.402. The summed E-state index contributed by atoms with van der Waals surface area (Å²) in [6, 6.07) is 8.73. The van der Waals surface area contributed by atoms with Crippen molar-refractivity contribution in [1.82, 2.24) is 4.90 Å². The second kappa shape index (κ2) is 4.98. The number of piperidine rings is 1. The third-order valence-electron chi connectivity index (χ3n) is 3.47. The molecular weight excluding hydrogens is 198 g/mol. The zero-order valence-electron chi connectivity index (χ0n) is 10.2. The Hall–Kier alpha value is -0.860. The minimum atomic E-state index is -0.103. The summed E-state index contributed by atoms with van der Waals surface area (Å²) in [4.78, 5) is 2.43. The minimum absolute atomic E-state index is 0.103. The molecular formula is C14H21NO. The second-order valence-corrected chi connectivity index (χ2v) is 5.05. The summed E-state index contributed by atoms with van der Waals surface area (Å²) in [5, 5.41) is 9.67. The molecule has 0 aliphatic carbocycles. The molecule has 16 heavy (non-hydrogen) atoms. The standard InChI is InChI=1S/C14H21NO/c1-11-3-5-13(6-4-11)10-15-8-7-14(16)12(2)9-15/h3-6,12,14,16H,7-10H2,1-2H3/t12-,14+/m0/s1. The predicted molar refractivity (Wildman–Crippen MR) is 66.2 cm³/mol. The van der Waals surface area contributed by atoms with Gasteiger partial charge in [0.05, 0.1) is 6.10 Å². The Balaban J connectivity index is 1.93. The van der Waals surface area contributed by atoms with Gasteiger partial charge in [0.2, 0.25) is 0 Å². The fraction of sp³-hybridized carbons (Fsp3) is 0.571. The average Bonchev–Trinajstić information content (AvgIpc) is 2.27. The Morgan fingerprint density at radius 1 is 1.31 bits per heavy atom. The van der Waals surface area contributed by atoms with Crippen LogP contribution in [0.2, 0.25) is 0 Å². The van der Waals surface area contributed by atoms with E-state index in [1.165, 1.54) is 11.1 Å². The van der Waals surface area contributed by atoms with E-state index in [1.807, 2.05) is 0 Å². The van der Waals surface area contributed by atoms with Crippen LogP contribution in [0.1, 0.15) is 24.5 Å². The number of rotatable bonds is 2. The Kier molecular flexibility index (Phi) is 3.62. The average molecular weight is 219 g/mol. The fourth-order valence-electron chi connectivity index (χ4n) is 2.31. The Labute approximate surface area is 97.9 Å². The number of aryl methyl sites for hydroxylation is 1. The van der Waals surface area contributed by atoms with Crippen molar-refractivity contribution in [2.24, 2.45) is 5.92 Å². The highest BCUT2D eigenvalue weighted by Gasteiger charge is 2.23. The van der Waals surface area contributed by atoms with E-state index >= 15 is 0 Å². The van der Waals surface area contributed by atoms with Crippen molar-refractivity contribution in [3.8, 4) is 0 Å². The Morgan fingerprint density at radius 2 is 2.00 bits per heavy atom. The molecule has 0 radical (unpaired) electrons. The number of benzene rings is 1. The molecule has 0 amide bonds. The first-order valence-electron chi connectivity index (χ1n) is 6.11. The van der Waals surface area contributed by atoms with Gasteiger partial charge in [0.15, 0.2) is 0 Å². The first kappa shape index (κ1) is 11.6. The Bertz CT molecular complexity index is 333. The molecule has 1 fully saturated rings. The summed E-state index contributed by atoms with van der Waals surface area (Å²) >= 11 is 0.